The number of hydrogen-bond donors (Lipinski definition) is 6. The van der Waals surface area contributed by atoms with Crippen LogP contribution in [-0.4, -0.2) is 172 Å². The van der Waals surface area contributed by atoms with Crippen molar-refractivity contribution in [1.82, 2.24) is 31.9 Å². The van der Waals surface area contributed by atoms with Crippen molar-refractivity contribution in [2.45, 2.75) is 507 Å². The summed E-state index contributed by atoms with van der Waals surface area (Å²) in [5, 5.41) is 21.8. The molecule has 0 aliphatic carbocycles. The van der Waals surface area contributed by atoms with Crippen LogP contribution in [-0.2, 0) is 57.2 Å². The molecule has 6 heterocycles. The van der Waals surface area contributed by atoms with Crippen LogP contribution in [0, 0.1) is 5.92 Å². The molecule has 1 atom stereocenters. The Bertz CT molecular complexity index is 2350. The summed E-state index contributed by atoms with van der Waals surface area (Å²) < 4.78 is 35.0. The lowest BCUT2D eigenvalue weighted by molar-refractivity contribution is -0.159. The fourth-order valence-electron chi connectivity index (χ4n) is 19.5. The van der Waals surface area contributed by atoms with E-state index in [4.69, 9.17) is 28.4 Å². The predicted octanol–water partition coefficient (Wildman–Crippen LogP) is 13.1. The third-order valence-corrected chi connectivity index (χ3v) is 21.5. The van der Waals surface area contributed by atoms with E-state index in [9.17, 15) is 28.8 Å². The molecule has 0 aromatic carbocycles. The molecule has 6 rings (SSSR count). The molecule has 0 spiro atoms. The molecule has 18 N–H and O–H groups in total. The van der Waals surface area contributed by atoms with E-state index in [1.807, 2.05) is 0 Å². The smallest absolute Gasteiger partial charge is 0.309 e. The maximum atomic E-state index is 12.9. The molecule has 0 amide bonds. The molecule has 0 aromatic heterocycles. The Morgan fingerprint density at radius 3 is 0.527 bits per heavy atom. The van der Waals surface area contributed by atoms with Crippen molar-refractivity contribution >= 4 is 35.8 Å². The van der Waals surface area contributed by atoms with Crippen molar-refractivity contribution in [3.05, 3.63) is 0 Å². The molecule has 654 valence electrons. The Labute approximate surface area is 668 Å². The van der Waals surface area contributed by atoms with Crippen LogP contribution in [0.2, 0.25) is 0 Å². The summed E-state index contributed by atoms with van der Waals surface area (Å²) in [6.07, 6.45) is 31.6. The number of piperidine rings is 6. The summed E-state index contributed by atoms with van der Waals surface area (Å²) in [6.45, 7) is 54.2. The maximum Gasteiger partial charge on any atom is 0.309 e. The Morgan fingerprint density at radius 2 is 0.373 bits per heavy atom. The number of ether oxygens (including phenoxy) is 6. The highest BCUT2D eigenvalue weighted by atomic mass is 16.6. The standard InChI is InChI=1S/C30H56N2O4.2C28H52N2O4.6H2O/c1-10-22(26(34)36-24-20-29(6,7)32-30(8,9)21-24)16-14-12-11-13-15-17-25(33)35-23-18-27(2,3)31-28(4,5)19-23;2*1-25(2)17-21(18-26(3,4)29-25)33-23(31)15-13-11-9-10-12-14-16-24(32)34-22-19-27(5,6)30-28(7,8)20-22;;;;;;/h22-24,31-32H,10-21H2,1-9H3;2*21-22,29-30H,9-20H2,1-8H3;6*1H2. The third-order valence-electron chi connectivity index (χ3n) is 21.5. The molecular weight excluding hydrogens is 1400 g/mol. The summed E-state index contributed by atoms with van der Waals surface area (Å²) in [5.41, 5.74) is -0.199. The Hall–Kier alpha value is -3.66. The molecule has 6 aliphatic rings. The van der Waals surface area contributed by atoms with Crippen molar-refractivity contribution in [2.24, 2.45) is 5.92 Å². The Kier molecular flexibility index (Phi) is 47.7. The second-order valence-electron chi connectivity index (χ2n) is 41.1. The van der Waals surface area contributed by atoms with E-state index >= 15 is 0 Å². The normalized spacial score (nSPS) is 22.7. The van der Waals surface area contributed by atoms with Crippen LogP contribution in [0.15, 0.2) is 0 Å². The molecule has 6 aliphatic heterocycles. The maximum absolute atomic E-state index is 12.9. The SMILES string of the molecule is CC1(C)CC(OC(=O)CCCCCCCCC(=O)OC2CC(C)(C)NC(C)(C)C2)CC(C)(C)N1.CC1(C)CC(OC(=O)CCCCCCCCC(=O)OC2CC(C)(C)NC(C)(C)C2)CC(C)(C)N1.CCC(CCCCCCCC(=O)OC1CC(C)(C)NC(C)(C)C1)C(=O)OC1CC(C)(C)NC(C)(C)C1.O.O.O.O.O.O. The van der Waals surface area contributed by atoms with E-state index in [2.05, 4.69) is 205 Å². The van der Waals surface area contributed by atoms with Crippen LogP contribution in [0.5, 0.6) is 0 Å². The van der Waals surface area contributed by atoms with Crippen molar-refractivity contribution in [2.75, 3.05) is 0 Å². The van der Waals surface area contributed by atoms with Gasteiger partial charge in [0.15, 0.2) is 0 Å². The summed E-state index contributed by atoms with van der Waals surface area (Å²) in [5.74, 6) is -0.360. The van der Waals surface area contributed by atoms with Gasteiger partial charge in [0.1, 0.15) is 36.6 Å². The highest BCUT2D eigenvalue weighted by molar-refractivity contribution is 5.73. The minimum absolute atomic E-state index is 0. The van der Waals surface area contributed by atoms with Crippen LogP contribution >= 0.6 is 0 Å². The van der Waals surface area contributed by atoms with Crippen LogP contribution in [0.25, 0.3) is 0 Å². The van der Waals surface area contributed by atoms with Gasteiger partial charge in [-0.15, -0.1) is 0 Å². The lowest BCUT2D eigenvalue weighted by Gasteiger charge is -2.46. The zero-order valence-corrected chi connectivity index (χ0v) is 74.4. The van der Waals surface area contributed by atoms with E-state index in [0.717, 1.165) is 199 Å². The second-order valence-corrected chi connectivity index (χ2v) is 41.1. The number of hydrogen-bond acceptors (Lipinski definition) is 18. The van der Waals surface area contributed by atoms with Gasteiger partial charge >= 0.3 is 35.8 Å². The molecule has 24 heteroatoms. The first-order valence-corrected chi connectivity index (χ1v) is 41.6. The fourth-order valence-corrected chi connectivity index (χ4v) is 19.5. The van der Waals surface area contributed by atoms with E-state index < -0.39 is 0 Å². The zero-order valence-electron chi connectivity index (χ0n) is 74.4. The lowest BCUT2D eigenvalue weighted by Crippen LogP contribution is -2.59. The van der Waals surface area contributed by atoms with Gasteiger partial charge in [0, 0.05) is 176 Å². The van der Waals surface area contributed by atoms with Crippen molar-refractivity contribution < 1.29 is 90.0 Å². The van der Waals surface area contributed by atoms with Crippen LogP contribution in [0.4, 0.5) is 0 Å². The van der Waals surface area contributed by atoms with Gasteiger partial charge in [-0.2, -0.15) is 0 Å². The first-order chi connectivity index (χ1) is 47.6. The highest BCUT2D eigenvalue weighted by Gasteiger charge is 2.45. The van der Waals surface area contributed by atoms with E-state index in [-0.39, 0.29) is 178 Å². The van der Waals surface area contributed by atoms with E-state index in [1.165, 1.54) is 0 Å². The molecule has 0 saturated carbocycles. The molecule has 6 saturated heterocycles. The summed E-state index contributed by atoms with van der Waals surface area (Å²) in [6, 6.07) is 0. The molecular formula is C86H172N6O18. The summed E-state index contributed by atoms with van der Waals surface area (Å²) >= 11 is 0. The van der Waals surface area contributed by atoms with Gasteiger partial charge in [-0.25, -0.2) is 0 Å². The minimum Gasteiger partial charge on any atom is -0.462 e. The second kappa shape index (κ2) is 47.5. The number of carbonyl (C=O) groups excluding carboxylic acids is 6. The summed E-state index contributed by atoms with van der Waals surface area (Å²) in [7, 11) is 0. The molecule has 0 radical (unpaired) electrons. The van der Waals surface area contributed by atoms with Crippen molar-refractivity contribution in [1.29, 1.82) is 0 Å². The fraction of sp³-hybridized carbons (Fsp3) is 0.930. The molecule has 110 heavy (non-hydrogen) atoms. The Balaban J connectivity index is -0.00000152. The van der Waals surface area contributed by atoms with Crippen LogP contribution in [0.3, 0.4) is 0 Å². The van der Waals surface area contributed by atoms with Gasteiger partial charge in [-0.05, 0) is 211 Å². The average Bonchev–Trinajstić information content (AvgIpc) is 0.767. The lowest BCUT2D eigenvalue weighted by atomic mass is 9.81. The Morgan fingerprint density at radius 1 is 0.236 bits per heavy atom. The topological polar surface area (TPSA) is 419 Å². The van der Waals surface area contributed by atoms with Crippen molar-refractivity contribution in [3.63, 3.8) is 0 Å². The van der Waals surface area contributed by atoms with Crippen LogP contribution < -0.4 is 31.9 Å². The first-order valence-electron chi connectivity index (χ1n) is 41.6. The van der Waals surface area contributed by atoms with Gasteiger partial charge in [0.25, 0.3) is 0 Å². The third kappa shape index (κ3) is 46.8. The van der Waals surface area contributed by atoms with Gasteiger partial charge in [-0.1, -0.05) is 84.0 Å². The molecule has 0 aromatic rings. The van der Waals surface area contributed by atoms with Gasteiger partial charge in [0.05, 0.1) is 5.92 Å². The van der Waals surface area contributed by atoms with E-state index in [0.29, 0.717) is 32.1 Å². The zero-order chi connectivity index (χ0) is 78.4. The molecule has 24 nitrogen and oxygen atoms in total. The molecule has 0 bridgehead atoms. The van der Waals surface area contributed by atoms with E-state index in [1.54, 1.807) is 0 Å². The highest BCUT2D eigenvalue weighted by Crippen LogP contribution is 2.37. The van der Waals surface area contributed by atoms with Gasteiger partial charge in [-0.3, -0.25) is 28.8 Å². The van der Waals surface area contributed by atoms with Crippen LogP contribution in [0.1, 0.15) is 404 Å². The largest absolute Gasteiger partial charge is 0.462 e. The number of nitrogens with one attached hydrogen (secondary N) is 6. The predicted molar refractivity (Wildman–Crippen MR) is 444 cm³/mol. The first kappa shape index (κ1) is 110. The minimum atomic E-state index is -0.0643. The number of carbonyl (C=O) groups is 6. The van der Waals surface area contributed by atoms with Crippen molar-refractivity contribution in [3.8, 4) is 0 Å². The number of unbranched alkanes of at least 4 members (excludes halogenated alkanes) is 14. The van der Waals surface area contributed by atoms with Gasteiger partial charge in [0.2, 0.25) is 0 Å². The van der Waals surface area contributed by atoms with Gasteiger partial charge < -0.3 is 93.2 Å². The average molecular weight is 1580 g/mol. The molecule has 6 fully saturated rings. The molecule has 1 unspecified atom stereocenters. The monoisotopic (exact) mass is 1580 g/mol. The summed E-state index contributed by atoms with van der Waals surface area (Å²) in [4.78, 5) is 74.4. The number of rotatable bonds is 34. The number of esters is 6. The quantitative estimate of drug-likeness (QED) is 0.0198.